The minimum atomic E-state index is -1.13. The van der Waals surface area contributed by atoms with Crippen LogP contribution in [0.1, 0.15) is 53.9 Å². The maximum Gasteiger partial charge on any atom is 0.326 e. The molecule has 0 aliphatic carbocycles. The van der Waals surface area contributed by atoms with Crippen molar-refractivity contribution in [1.82, 2.24) is 10.6 Å². The average Bonchev–Trinajstić information content (AvgIpc) is 2.57. The summed E-state index contributed by atoms with van der Waals surface area (Å²) >= 11 is 0. The minimum absolute atomic E-state index is 0.0198. The van der Waals surface area contributed by atoms with Crippen LogP contribution in [0.4, 0.5) is 0 Å². The monoisotopic (exact) mass is 417 g/mol. The smallest absolute Gasteiger partial charge is 0.326 e. The zero-order chi connectivity index (χ0) is 22.6. The van der Waals surface area contributed by atoms with E-state index in [0.29, 0.717) is 0 Å². The van der Waals surface area contributed by atoms with Gasteiger partial charge in [0.2, 0.25) is 11.8 Å². The highest BCUT2D eigenvalue weighted by atomic mass is 16.6. The Balaban J connectivity index is 3.94. The van der Waals surface area contributed by atoms with Crippen LogP contribution in [-0.2, 0) is 28.7 Å². The fourth-order valence-corrected chi connectivity index (χ4v) is 2.19. The second-order valence-corrected chi connectivity index (χ2v) is 8.01. The van der Waals surface area contributed by atoms with E-state index in [4.69, 9.17) is 20.3 Å². The normalized spacial score (nSPS) is 13.5. The van der Waals surface area contributed by atoms with E-state index in [0.717, 1.165) is 0 Å². The molecule has 2 atom stereocenters. The number of ether oxygens (including phenoxy) is 2. The van der Waals surface area contributed by atoms with E-state index in [-0.39, 0.29) is 56.8 Å². The van der Waals surface area contributed by atoms with Crippen LogP contribution >= 0.6 is 0 Å². The molecule has 10 nitrogen and oxygen atoms in total. The van der Waals surface area contributed by atoms with Crippen molar-refractivity contribution in [2.75, 3.05) is 19.8 Å². The van der Waals surface area contributed by atoms with Gasteiger partial charge in [-0.15, -0.1) is 0 Å². The van der Waals surface area contributed by atoms with Crippen molar-refractivity contribution >= 4 is 23.8 Å². The van der Waals surface area contributed by atoms with Crippen LogP contribution in [0.3, 0.4) is 0 Å². The van der Waals surface area contributed by atoms with E-state index >= 15 is 0 Å². The molecule has 0 bridgehead atoms. The van der Waals surface area contributed by atoms with Crippen molar-refractivity contribution in [1.29, 1.82) is 0 Å². The van der Waals surface area contributed by atoms with Gasteiger partial charge in [-0.2, -0.15) is 0 Å². The fourth-order valence-electron chi connectivity index (χ4n) is 2.19. The first kappa shape index (κ1) is 26.8. The molecule has 0 spiro atoms. The summed E-state index contributed by atoms with van der Waals surface area (Å²) in [6.45, 7) is 9.37. The van der Waals surface area contributed by atoms with Crippen LogP contribution in [0, 0.1) is 5.92 Å². The van der Waals surface area contributed by atoms with E-state index in [1.54, 1.807) is 34.6 Å². The van der Waals surface area contributed by atoms with Gasteiger partial charge >= 0.3 is 11.9 Å². The van der Waals surface area contributed by atoms with Crippen LogP contribution in [-0.4, -0.2) is 66.3 Å². The second kappa shape index (κ2) is 13.1. The Morgan fingerprint density at radius 1 is 1.07 bits per heavy atom. The number of esters is 1. The van der Waals surface area contributed by atoms with Crippen LogP contribution in [0.5, 0.6) is 0 Å². The maximum absolute atomic E-state index is 12.0. The van der Waals surface area contributed by atoms with Gasteiger partial charge in [-0.25, -0.2) is 4.79 Å². The summed E-state index contributed by atoms with van der Waals surface area (Å²) in [7, 11) is 0. The standard InChI is InChI=1S/C19H35N3O7/c1-12(2)16(18(26)27)22-17(25)13(20)6-7-14(23)21-9-11-28-10-8-15(24)29-19(3,4)5/h12-13,16H,6-11,20H2,1-5H3,(H,21,23)(H,22,25)(H,26,27)/t13-,16+/m1/s1. The number of aliphatic carboxylic acids is 1. The molecular formula is C19H35N3O7. The van der Waals surface area contributed by atoms with Gasteiger partial charge in [-0.1, -0.05) is 13.8 Å². The number of amides is 2. The molecule has 0 rings (SSSR count). The van der Waals surface area contributed by atoms with Crippen molar-refractivity contribution in [2.24, 2.45) is 11.7 Å². The van der Waals surface area contributed by atoms with Gasteiger partial charge in [0.1, 0.15) is 11.6 Å². The molecule has 5 N–H and O–H groups in total. The Bertz CT molecular complexity index is 558. The first-order valence-corrected chi connectivity index (χ1v) is 9.68. The molecule has 0 fully saturated rings. The van der Waals surface area contributed by atoms with E-state index in [2.05, 4.69) is 10.6 Å². The van der Waals surface area contributed by atoms with Crippen molar-refractivity contribution in [3.8, 4) is 0 Å². The Labute approximate surface area is 171 Å². The summed E-state index contributed by atoms with van der Waals surface area (Å²) in [4.78, 5) is 46.3. The summed E-state index contributed by atoms with van der Waals surface area (Å²) in [6.07, 6.45) is 0.233. The third kappa shape index (κ3) is 13.6. The Morgan fingerprint density at radius 3 is 2.21 bits per heavy atom. The Hall–Kier alpha value is -2.20. The van der Waals surface area contributed by atoms with Crippen molar-refractivity contribution in [2.45, 2.75) is 71.6 Å². The highest BCUT2D eigenvalue weighted by molar-refractivity contribution is 5.87. The molecule has 0 heterocycles. The molecule has 0 radical (unpaired) electrons. The quantitative estimate of drug-likeness (QED) is 0.244. The number of carbonyl (C=O) groups is 4. The van der Waals surface area contributed by atoms with Crippen LogP contribution in [0.2, 0.25) is 0 Å². The topological polar surface area (TPSA) is 157 Å². The van der Waals surface area contributed by atoms with E-state index in [1.165, 1.54) is 0 Å². The summed E-state index contributed by atoms with van der Waals surface area (Å²) in [5, 5.41) is 14.1. The molecule has 0 aliphatic heterocycles. The molecule has 0 aromatic heterocycles. The highest BCUT2D eigenvalue weighted by Crippen LogP contribution is 2.08. The lowest BCUT2D eigenvalue weighted by molar-refractivity contribution is -0.156. The first-order chi connectivity index (χ1) is 13.3. The van der Waals surface area contributed by atoms with Gasteiger partial charge in [0, 0.05) is 13.0 Å². The number of carbonyl (C=O) groups excluding carboxylic acids is 3. The van der Waals surface area contributed by atoms with Crippen molar-refractivity contribution in [3.63, 3.8) is 0 Å². The molecule has 2 amide bonds. The minimum Gasteiger partial charge on any atom is -0.480 e. The third-order valence-corrected chi connectivity index (χ3v) is 3.69. The predicted molar refractivity (Wildman–Crippen MR) is 106 cm³/mol. The van der Waals surface area contributed by atoms with Gasteiger partial charge in [-0.05, 0) is 33.1 Å². The molecule has 0 saturated carbocycles. The molecule has 0 saturated heterocycles. The lowest BCUT2D eigenvalue weighted by Crippen LogP contribution is -2.50. The zero-order valence-electron chi connectivity index (χ0n) is 17.9. The predicted octanol–water partition coefficient (Wildman–Crippen LogP) is 0.184. The summed E-state index contributed by atoms with van der Waals surface area (Å²) < 4.78 is 10.4. The molecule has 168 valence electrons. The van der Waals surface area contributed by atoms with Crippen LogP contribution < -0.4 is 16.4 Å². The zero-order valence-corrected chi connectivity index (χ0v) is 17.9. The van der Waals surface area contributed by atoms with Crippen molar-refractivity contribution < 1.29 is 33.8 Å². The van der Waals surface area contributed by atoms with E-state index in [9.17, 15) is 19.2 Å². The van der Waals surface area contributed by atoms with Crippen LogP contribution in [0.25, 0.3) is 0 Å². The molecule has 0 aromatic carbocycles. The average molecular weight is 418 g/mol. The molecule has 29 heavy (non-hydrogen) atoms. The summed E-state index contributed by atoms with van der Waals surface area (Å²) in [6, 6.07) is -2.01. The third-order valence-electron chi connectivity index (χ3n) is 3.69. The van der Waals surface area contributed by atoms with Gasteiger partial charge in [0.25, 0.3) is 0 Å². The fraction of sp³-hybridized carbons (Fsp3) is 0.789. The number of rotatable bonds is 13. The van der Waals surface area contributed by atoms with Gasteiger partial charge in [-0.3, -0.25) is 14.4 Å². The maximum atomic E-state index is 12.0. The second-order valence-electron chi connectivity index (χ2n) is 8.01. The largest absolute Gasteiger partial charge is 0.480 e. The molecular weight excluding hydrogens is 382 g/mol. The number of hydrogen-bond acceptors (Lipinski definition) is 7. The lowest BCUT2D eigenvalue weighted by Gasteiger charge is -2.20. The summed E-state index contributed by atoms with van der Waals surface area (Å²) in [5.74, 6) is -2.68. The summed E-state index contributed by atoms with van der Waals surface area (Å²) in [5.41, 5.74) is 5.19. The van der Waals surface area contributed by atoms with Gasteiger partial charge in [0.05, 0.1) is 25.7 Å². The number of carboxylic acid groups (broad SMARTS) is 1. The Kier molecular flexibility index (Phi) is 12.1. The number of nitrogens with two attached hydrogens (primary N) is 1. The lowest BCUT2D eigenvalue weighted by atomic mass is 10.0. The number of hydrogen-bond donors (Lipinski definition) is 4. The van der Waals surface area contributed by atoms with E-state index < -0.39 is 29.6 Å². The SMILES string of the molecule is CC(C)[C@H](NC(=O)[C@H](N)CCC(=O)NCCOCCC(=O)OC(C)(C)C)C(=O)O. The van der Waals surface area contributed by atoms with Crippen molar-refractivity contribution in [3.05, 3.63) is 0 Å². The van der Waals surface area contributed by atoms with Gasteiger partial charge in [0.15, 0.2) is 0 Å². The molecule has 0 unspecified atom stereocenters. The van der Waals surface area contributed by atoms with Gasteiger partial charge < -0.3 is 30.9 Å². The molecule has 0 aliphatic rings. The number of nitrogens with one attached hydrogen (secondary N) is 2. The van der Waals surface area contributed by atoms with E-state index in [1.807, 2.05) is 0 Å². The number of carboxylic acids is 1. The van der Waals surface area contributed by atoms with Crippen LogP contribution in [0.15, 0.2) is 0 Å². The highest BCUT2D eigenvalue weighted by Gasteiger charge is 2.26. The Morgan fingerprint density at radius 2 is 1.69 bits per heavy atom. The first-order valence-electron chi connectivity index (χ1n) is 9.68. The molecule has 10 heteroatoms. The molecule has 0 aromatic rings.